The molecule has 4 aromatic rings. The highest BCUT2D eigenvalue weighted by Crippen LogP contribution is 2.27. The predicted molar refractivity (Wildman–Crippen MR) is 124 cm³/mol. The Morgan fingerprint density at radius 2 is 1.81 bits per heavy atom. The van der Waals surface area contributed by atoms with E-state index in [9.17, 15) is 13.2 Å². The number of benzene rings is 2. The van der Waals surface area contributed by atoms with Gasteiger partial charge < -0.3 is 4.98 Å². The van der Waals surface area contributed by atoms with Gasteiger partial charge in [0.25, 0.3) is 0 Å². The first kappa shape index (κ1) is 21.9. The summed E-state index contributed by atoms with van der Waals surface area (Å²) in [6, 6.07) is 15.7. The minimum absolute atomic E-state index is 0.0146. The highest BCUT2D eigenvalue weighted by atomic mass is 32.2. The molecule has 4 rings (SSSR count). The molecule has 2 aromatic carbocycles. The van der Waals surface area contributed by atoms with Crippen molar-refractivity contribution in [2.45, 2.75) is 32.2 Å². The molecule has 0 saturated heterocycles. The number of aromatic nitrogens is 3. The Balaban J connectivity index is 1.61. The Morgan fingerprint density at radius 3 is 2.53 bits per heavy atom. The van der Waals surface area contributed by atoms with E-state index in [0.717, 1.165) is 11.1 Å². The molecule has 0 bridgehead atoms. The van der Waals surface area contributed by atoms with Crippen LogP contribution in [-0.4, -0.2) is 29.2 Å². The van der Waals surface area contributed by atoms with E-state index in [1.165, 1.54) is 0 Å². The third-order valence-corrected chi connectivity index (χ3v) is 6.47. The van der Waals surface area contributed by atoms with Crippen molar-refractivity contribution in [1.82, 2.24) is 19.7 Å². The van der Waals surface area contributed by atoms with Gasteiger partial charge in [-0.25, -0.2) is 23.1 Å². The van der Waals surface area contributed by atoms with Gasteiger partial charge in [0.1, 0.15) is 5.52 Å². The lowest BCUT2D eigenvalue weighted by molar-refractivity contribution is 0.0860. The SMILES string of the molecule is CC(C)(C)C(=O)c1c[nH]c2ncc(-c3cccc(CNS(=O)(=O)c4ccccc4)c3)nc12. The van der Waals surface area contributed by atoms with Gasteiger partial charge in [-0.05, 0) is 23.8 Å². The van der Waals surface area contributed by atoms with Crippen molar-refractivity contribution in [2.24, 2.45) is 5.41 Å². The summed E-state index contributed by atoms with van der Waals surface area (Å²) in [6.45, 7) is 5.74. The van der Waals surface area contributed by atoms with Crippen LogP contribution in [-0.2, 0) is 16.6 Å². The molecule has 0 atom stereocenters. The highest BCUT2D eigenvalue weighted by molar-refractivity contribution is 7.89. The molecule has 7 nitrogen and oxygen atoms in total. The summed E-state index contributed by atoms with van der Waals surface area (Å²) in [4.78, 5) is 25.1. The average molecular weight is 449 g/mol. The van der Waals surface area contributed by atoms with Crippen molar-refractivity contribution < 1.29 is 13.2 Å². The molecule has 2 N–H and O–H groups in total. The summed E-state index contributed by atoms with van der Waals surface area (Å²) in [6.07, 6.45) is 3.29. The van der Waals surface area contributed by atoms with Gasteiger partial charge in [-0.3, -0.25) is 4.79 Å². The fraction of sp³-hybridized carbons (Fsp3) is 0.208. The molecule has 32 heavy (non-hydrogen) atoms. The summed E-state index contributed by atoms with van der Waals surface area (Å²) in [5, 5.41) is 0. The number of carbonyl (C=O) groups is 1. The van der Waals surface area contributed by atoms with Crippen LogP contribution < -0.4 is 4.72 Å². The van der Waals surface area contributed by atoms with Gasteiger partial charge in [-0.1, -0.05) is 57.2 Å². The van der Waals surface area contributed by atoms with Gasteiger partial charge in [-0.15, -0.1) is 0 Å². The molecule has 0 aliphatic carbocycles. The Kier molecular flexibility index (Phi) is 5.66. The zero-order valence-electron chi connectivity index (χ0n) is 18.1. The minimum Gasteiger partial charge on any atom is -0.344 e. The number of H-pyrrole nitrogens is 1. The van der Waals surface area contributed by atoms with Gasteiger partial charge in [-0.2, -0.15) is 0 Å². The number of fused-ring (bicyclic) bond motifs is 1. The normalized spacial score (nSPS) is 12.2. The van der Waals surface area contributed by atoms with E-state index in [-0.39, 0.29) is 17.2 Å². The minimum atomic E-state index is -3.61. The number of nitrogens with one attached hydrogen (secondary N) is 2. The lowest BCUT2D eigenvalue weighted by Gasteiger charge is -2.15. The molecule has 0 unspecified atom stereocenters. The van der Waals surface area contributed by atoms with Crippen molar-refractivity contribution in [3.63, 3.8) is 0 Å². The number of nitrogens with zero attached hydrogens (tertiary/aromatic N) is 2. The fourth-order valence-electron chi connectivity index (χ4n) is 3.31. The number of hydrogen-bond acceptors (Lipinski definition) is 5. The van der Waals surface area contributed by atoms with Gasteiger partial charge in [0.2, 0.25) is 10.0 Å². The maximum absolute atomic E-state index is 12.8. The smallest absolute Gasteiger partial charge is 0.240 e. The van der Waals surface area contributed by atoms with Crippen LogP contribution in [0.3, 0.4) is 0 Å². The maximum Gasteiger partial charge on any atom is 0.240 e. The van der Waals surface area contributed by atoms with Gasteiger partial charge in [0.15, 0.2) is 11.4 Å². The molecule has 0 radical (unpaired) electrons. The molecule has 0 aliphatic heterocycles. The monoisotopic (exact) mass is 448 g/mol. The van der Waals surface area contributed by atoms with E-state index in [1.54, 1.807) is 42.7 Å². The molecule has 164 valence electrons. The molecular weight excluding hydrogens is 424 g/mol. The van der Waals surface area contributed by atoms with Gasteiger partial charge >= 0.3 is 0 Å². The van der Waals surface area contributed by atoms with Crippen LogP contribution in [0.4, 0.5) is 0 Å². The van der Waals surface area contributed by atoms with E-state index >= 15 is 0 Å². The van der Waals surface area contributed by atoms with Crippen LogP contribution in [0.15, 0.2) is 71.9 Å². The summed E-state index contributed by atoms with van der Waals surface area (Å²) in [5.41, 5.74) is 3.21. The number of aromatic amines is 1. The van der Waals surface area contributed by atoms with E-state index in [2.05, 4.69) is 19.7 Å². The second-order valence-electron chi connectivity index (χ2n) is 8.57. The molecule has 0 amide bonds. The van der Waals surface area contributed by atoms with E-state index in [4.69, 9.17) is 0 Å². The molecule has 0 aliphatic rings. The second-order valence-corrected chi connectivity index (χ2v) is 10.3. The maximum atomic E-state index is 12.8. The Hall–Kier alpha value is -3.36. The molecule has 8 heteroatoms. The van der Waals surface area contributed by atoms with E-state index < -0.39 is 15.4 Å². The van der Waals surface area contributed by atoms with Crippen LogP contribution in [0, 0.1) is 5.41 Å². The number of sulfonamides is 1. The summed E-state index contributed by atoms with van der Waals surface area (Å²) in [5.74, 6) is -0.0146. The zero-order chi connectivity index (χ0) is 22.9. The largest absolute Gasteiger partial charge is 0.344 e. The lowest BCUT2D eigenvalue weighted by Crippen LogP contribution is -2.23. The van der Waals surface area contributed by atoms with Crippen molar-refractivity contribution in [2.75, 3.05) is 0 Å². The van der Waals surface area contributed by atoms with Crippen molar-refractivity contribution in [3.05, 3.63) is 78.1 Å². The quantitative estimate of drug-likeness (QED) is 0.427. The van der Waals surface area contributed by atoms with Crippen LogP contribution in [0.2, 0.25) is 0 Å². The van der Waals surface area contributed by atoms with Crippen LogP contribution in [0.25, 0.3) is 22.4 Å². The molecule has 0 spiro atoms. The van der Waals surface area contributed by atoms with Crippen LogP contribution in [0.1, 0.15) is 36.7 Å². The number of rotatable bonds is 6. The lowest BCUT2D eigenvalue weighted by atomic mass is 9.87. The number of Topliss-reactive ketones (excluding diaryl/α,β-unsaturated/α-hetero) is 1. The summed E-state index contributed by atoms with van der Waals surface area (Å²) >= 11 is 0. The first-order chi connectivity index (χ1) is 15.1. The Labute approximate surface area is 187 Å². The third kappa shape index (κ3) is 4.46. The van der Waals surface area contributed by atoms with Crippen LogP contribution in [0.5, 0.6) is 0 Å². The highest BCUT2D eigenvalue weighted by Gasteiger charge is 2.26. The fourth-order valence-corrected chi connectivity index (χ4v) is 4.35. The van der Waals surface area contributed by atoms with Gasteiger partial charge in [0.05, 0.1) is 22.3 Å². The Bertz CT molecular complexity index is 1390. The first-order valence-corrected chi connectivity index (χ1v) is 11.7. The van der Waals surface area contributed by atoms with Crippen molar-refractivity contribution in [3.8, 4) is 11.3 Å². The molecule has 2 aromatic heterocycles. The van der Waals surface area contributed by atoms with Crippen molar-refractivity contribution in [1.29, 1.82) is 0 Å². The summed E-state index contributed by atoms with van der Waals surface area (Å²) in [7, 11) is -3.61. The zero-order valence-corrected chi connectivity index (χ0v) is 18.9. The number of ketones is 1. The van der Waals surface area contributed by atoms with Crippen molar-refractivity contribution >= 4 is 27.0 Å². The molecular formula is C24H24N4O3S. The van der Waals surface area contributed by atoms with Gasteiger partial charge in [0, 0.05) is 23.7 Å². The van der Waals surface area contributed by atoms with E-state index in [0.29, 0.717) is 22.4 Å². The average Bonchev–Trinajstić information content (AvgIpc) is 3.20. The topological polar surface area (TPSA) is 105 Å². The van der Waals surface area contributed by atoms with E-state index in [1.807, 2.05) is 45.0 Å². The molecule has 0 fully saturated rings. The molecule has 2 heterocycles. The predicted octanol–water partition coefficient (Wildman–Crippen LogP) is 4.33. The second kappa shape index (κ2) is 8.29. The molecule has 0 saturated carbocycles. The standard InChI is InChI=1S/C24H24N4O3S/c1-24(2,3)22(29)19-14-25-23-21(19)28-20(15-26-23)17-9-7-8-16(12-17)13-27-32(30,31)18-10-5-4-6-11-18/h4-12,14-15,27H,13H2,1-3H3,(H,25,26). The number of hydrogen-bond donors (Lipinski definition) is 2. The third-order valence-electron chi connectivity index (χ3n) is 5.05. The first-order valence-electron chi connectivity index (χ1n) is 10.2. The Morgan fingerprint density at radius 1 is 1.06 bits per heavy atom. The number of carbonyl (C=O) groups excluding carboxylic acids is 1. The summed E-state index contributed by atoms with van der Waals surface area (Å²) < 4.78 is 27.6. The van der Waals surface area contributed by atoms with Crippen LogP contribution >= 0.6 is 0 Å².